The minimum absolute atomic E-state index is 0.00201. The summed E-state index contributed by atoms with van der Waals surface area (Å²) in [5, 5.41) is 22.1. The standard InChI is InChI=1S/C28H36N2O5/c1-29(27(33)35-18-20-6-4-3-5-7-20)21-15-28-13-12-25(31)23(16-28)26(32)24(30(28)17-21)14-19-8-10-22(34-2)11-9-19/h3-11,21,23-26,31-32H,12-18H2,1-2H3/t21-,23-,24-,25+,26-,28+/m0/s1. The molecule has 1 spiro atoms. The zero-order valence-electron chi connectivity index (χ0n) is 20.5. The molecule has 0 unspecified atom stereocenters. The highest BCUT2D eigenvalue weighted by molar-refractivity contribution is 5.67. The van der Waals surface area contributed by atoms with Crippen molar-refractivity contribution in [1.29, 1.82) is 0 Å². The van der Waals surface area contributed by atoms with E-state index >= 15 is 0 Å². The molecule has 7 heteroatoms. The second-order valence-electron chi connectivity index (χ2n) is 10.5. The number of rotatable bonds is 6. The van der Waals surface area contributed by atoms with Gasteiger partial charge < -0.3 is 24.6 Å². The molecule has 3 aliphatic rings. The lowest BCUT2D eigenvalue weighted by Crippen LogP contribution is -2.66. The van der Waals surface area contributed by atoms with Gasteiger partial charge in [0.1, 0.15) is 12.4 Å². The maximum Gasteiger partial charge on any atom is 0.410 e. The molecule has 1 amide bonds. The minimum Gasteiger partial charge on any atom is -0.497 e. The zero-order valence-corrected chi connectivity index (χ0v) is 20.5. The number of nitrogens with zero attached hydrogens (tertiary/aromatic N) is 2. The molecule has 2 heterocycles. The van der Waals surface area contributed by atoms with Crippen LogP contribution >= 0.6 is 0 Å². The highest BCUT2D eigenvalue weighted by atomic mass is 16.6. The van der Waals surface area contributed by atoms with Crippen LogP contribution in [0.15, 0.2) is 54.6 Å². The third kappa shape index (κ3) is 4.65. The van der Waals surface area contributed by atoms with E-state index in [9.17, 15) is 15.0 Å². The number of amides is 1. The third-order valence-electron chi connectivity index (χ3n) is 8.53. The number of fused-ring (bicyclic) bond motifs is 1. The van der Waals surface area contributed by atoms with Gasteiger partial charge in [0.2, 0.25) is 0 Å². The summed E-state index contributed by atoms with van der Waals surface area (Å²) in [4.78, 5) is 17.1. The Labute approximate surface area is 207 Å². The lowest BCUT2D eigenvalue weighted by Gasteiger charge is -2.56. The van der Waals surface area contributed by atoms with Gasteiger partial charge in [0.15, 0.2) is 0 Å². The first-order valence-electron chi connectivity index (χ1n) is 12.6. The quantitative estimate of drug-likeness (QED) is 0.661. The summed E-state index contributed by atoms with van der Waals surface area (Å²) in [5.74, 6) is 0.663. The number of carbonyl (C=O) groups excluding carboxylic acids is 1. The molecule has 0 aromatic heterocycles. The van der Waals surface area contributed by atoms with E-state index < -0.39 is 12.2 Å². The Hall–Kier alpha value is -2.61. The Kier molecular flexibility index (Phi) is 6.75. The fourth-order valence-corrected chi connectivity index (χ4v) is 6.56. The molecule has 7 nitrogen and oxygen atoms in total. The Morgan fingerprint density at radius 1 is 1.09 bits per heavy atom. The second kappa shape index (κ2) is 9.80. The molecule has 2 N–H and O–H groups in total. The van der Waals surface area contributed by atoms with Crippen molar-refractivity contribution in [3.8, 4) is 5.75 Å². The number of hydrogen-bond acceptors (Lipinski definition) is 6. The number of piperidine rings is 1. The predicted molar refractivity (Wildman–Crippen MR) is 132 cm³/mol. The fourth-order valence-electron chi connectivity index (χ4n) is 6.56. The molecule has 2 aromatic carbocycles. The van der Waals surface area contributed by atoms with E-state index in [2.05, 4.69) is 4.90 Å². The number of hydrogen-bond donors (Lipinski definition) is 2. The average Bonchev–Trinajstić information content (AvgIpc) is 3.26. The highest BCUT2D eigenvalue weighted by Crippen LogP contribution is 2.52. The monoisotopic (exact) mass is 480 g/mol. The van der Waals surface area contributed by atoms with Crippen LogP contribution in [0.2, 0.25) is 0 Å². The first-order valence-corrected chi connectivity index (χ1v) is 12.6. The van der Waals surface area contributed by atoms with E-state index in [1.807, 2.05) is 61.6 Å². The Morgan fingerprint density at radius 2 is 1.83 bits per heavy atom. The topological polar surface area (TPSA) is 82.5 Å². The summed E-state index contributed by atoms with van der Waals surface area (Å²) < 4.78 is 10.9. The summed E-state index contributed by atoms with van der Waals surface area (Å²) in [6.07, 6.45) is 2.41. The molecule has 1 aliphatic carbocycles. The van der Waals surface area contributed by atoms with Gasteiger partial charge in [-0.25, -0.2) is 4.79 Å². The largest absolute Gasteiger partial charge is 0.497 e. The van der Waals surface area contributed by atoms with E-state index in [4.69, 9.17) is 9.47 Å². The van der Waals surface area contributed by atoms with Gasteiger partial charge in [-0.05, 0) is 55.4 Å². The molecule has 1 saturated carbocycles. The van der Waals surface area contributed by atoms with Crippen LogP contribution in [0, 0.1) is 5.92 Å². The molecule has 2 saturated heterocycles. The van der Waals surface area contributed by atoms with E-state index in [-0.39, 0.29) is 36.2 Å². The molecule has 35 heavy (non-hydrogen) atoms. The maximum absolute atomic E-state index is 12.9. The first-order chi connectivity index (χ1) is 16.9. The van der Waals surface area contributed by atoms with Gasteiger partial charge in [0, 0.05) is 37.1 Å². The Balaban J connectivity index is 1.33. The molecule has 6 atom stereocenters. The van der Waals surface area contributed by atoms with Crippen LogP contribution in [0.25, 0.3) is 0 Å². The van der Waals surface area contributed by atoms with Gasteiger partial charge in [0.05, 0.1) is 19.3 Å². The van der Waals surface area contributed by atoms with Gasteiger partial charge in [-0.3, -0.25) is 4.90 Å². The van der Waals surface area contributed by atoms with E-state index in [0.29, 0.717) is 19.4 Å². The van der Waals surface area contributed by atoms with Crippen LogP contribution < -0.4 is 4.74 Å². The average molecular weight is 481 g/mol. The number of carbonyl (C=O) groups is 1. The summed E-state index contributed by atoms with van der Waals surface area (Å²) in [6.45, 7) is 0.941. The van der Waals surface area contributed by atoms with Crippen molar-refractivity contribution >= 4 is 6.09 Å². The number of aliphatic hydroxyl groups is 2. The van der Waals surface area contributed by atoms with E-state index in [1.54, 1.807) is 12.0 Å². The number of ether oxygens (including phenoxy) is 2. The van der Waals surface area contributed by atoms with Crippen LogP contribution in [0.5, 0.6) is 5.75 Å². The van der Waals surface area contributed by atoms with Gasteiger partial charge in [-0.2, -0.15) is 0 Å². The number of likely N-dealkylation sites (N-methyl/N-ethyl adjacent to an activating group) is 1. The van der Waals surface area contributed by atoms with Crippen LogP contribution in [-0.4, -0.2) is 76.6 Å². The van der Waals surface area contributed by atoms with Gasteiger partial charge >= 0.3 is 6.09 Å². The third-order valence-corrected chi connectivity index (χ3v) is 8.53. The normalized spacial score (nSPS) is 32.1. The van der Waals surface area contributed by atoms with E-state index in [1.165, 1.54) is 0 Å². The van der Waals surface area contributed by atoms with Crippen molar-refractivity contribution in [3.63, 3.8) is 0 Å². The Morgan fingerprint density at radius 3 is 2.54 bits per heavy atom. The molecular formula is C28H36N2O5. The Bertz CT molecular complexity index is 1020. The van der Waals surface area contributed by atoms with Crippen molar-refractivity contribution in [2.75, 3.05) is 20.7 Å². The summed E-state index contributed by atoms with van der Waals surface area (Å²) in [6, 6.07) is 17.6. The molecule has 3 fully saturated rings. The minimum atomic E-state index is -0.616. The number of benzene rings is 2. The molecule has 2 bridgehead atoms. The molecule has 5 rings (SSSR count). The molecule has 188 valence electrons. The molecular weight excluding hydrogens is 444 g/mol. The van der Waals surface area contributed by atoms with Crippen molar-refractivity contribution in [2.24, 2.45) is 5.92 Å². The number of aliphatic hydroxyl groups excluding tert-OH is 2. The lowest BCUT2D eigenvalue weighted by atomic mass is 9.65. The SMILES string of the molecule is COc1ccc(C[C@H]2[C@@H](O)[C@H]3C[C@@]4(CC[C@H]3O)C[C@H](N(C)C(=O)OCc3ccccc3)CN24)cc1. The lowest BCUT2D eigenvalue weighted by molar-refractivity contribution is -0.146. The predicted octanol–water partition coefficient (Wildman–Crippen LogP) is 3.22. The first kappa shape index (κ1) is 24.1. The summed E-state index contributed by atoms with van der Waals surface area (Å²) in [7, 11) is 3.47. The van der Waals surface area contributed by atoms with Crippen molar-refractivity contribution < 1.29 is 24.5 Å². The van der Waals surface area contributed by atoms with Crippen LogP contribution in [0.1, 0.15) is 36.8 Å². The van der Waals surface area contributed by atoms with Gasteiger partial charge in [-0.15, -0.1) is 0 Å². The number of methoxy groups -OCH3 is 1. The second-order valence-corrected chi connectivity index (χ2v) is 10.5. The highest BCUT2D eigenvalue weighted by Gasteiger charge is 2.59. The molecule has 2 aliphatic heterocycles. The van der Waals surface area contributed by atoms with Gasteiger partial charge in [0.25, 0.3) is 0 Å². The van der Waals surface area contributed by atoms with Crippen LogP contribution in [0.3, 0.4) is 0 Å². The fraction of sp³-hybridized carbons (Fsp3) is 0.536. The maximum atomic E-state index is 12.9. The van der Waals surface area contributed by atoms with Crippen LogP contribution in [0.4, 0.5) is 4.79 Å². The summed E-state index contributed by atoms with van der Waals surface area (Å²) >= 11 is 0. The van der Waals surface area contributed by atoms with Crippen molar-refractivity contribution in [2.45, 2.75) is 68.5 Å². The summed E-state index contributed by atoms with van der Waals surface area (Å²) in [5.41, 5.74) is 1.97. The van der Waals surface area contributed by atoms with Gasteiger partial charge in [-0.1, -0.05) is 42.5 Å². The smallest absolute Gasteiger partial charge is 0.410 e. The van der Waals surface area contributed by atoms with Crippen molar-refractivity contribution in [1.82, 2.24) is 9.80 Å². The molecule has 2 aromatic rings. The van der Waals surface area contributed by atoms with Crippen molar-refractivity contribution in [3.05, 3.63) is 65.7 Å². The van der Waals surface area contributed by atoms with Crippen LogP contribution in [-0.2, 0) is 17.8 Å². The zero-order chi connectivity index (χ0) is 24.6. The molecule has 0 radical (unpaired) electrons. The van der Waals surface area contributed by atoms with E-state index in [0.717, 1.165) is 36.1 Å².